The summed E-state index contributed by atoms with van der Waals surface area (Å²) in [4.78, 5) is 18.9. The van der Waals surface area contributed by atoms with E-state index in [9.17, 15) is 4.79 Å². The van der Waals surface area contributed by atoms with Crippen molar-refractivity contribution in [1.29, 1.82) is 0 Å². The van der Waals surface area contributed by atoms with E-state index in [4.69, 9.17) is 5.73 Å². The van der Waals surface area contributed by atoms with Gasteiger partial charge in [-0.05, 0) is 11.4 Å². The molecule has 0 saturated heterocycles. The highest BCUT2D eigenvalue weighted by Gasteiger charge is 2.10. The Morgan fingerprint density at radius 2 is 2.53 bits per heavy atom. The molecule has 4 N–H and O–H groups in total. The average molecular weight is 222 g/mol. The van der Waals surface area contributed by atoms with Crippen LogP contribution in [0.5, 0.6) is 0 Å². The fraction of sp³-hybridized carbons (Fsp3) is 0.111. The van der Waals surface area contributed by atoms with Crippen molar-refractivity contribution in [2.75, 3.05) is 5.73 Å². The van der Waals surface area contributed by atoms with E-state index in [1.165, 1.54) is 11.3 Å². The number of nitrogens with one attached hydrogen (secondary N) is 2. The van der Waals surface area contributed by atoms with E-state index in [-0.39, 0.29) is 5.91 Å². The maximum absolute atomic E-state index is 11.6. The van der Waals surface area contributed by atoms with Crippen molar-refractivity contribution in [3.63, 3.8) is 0 Å². The van der Waals surface area contributed by atoms with Gasteiger partial charge < -0.3 is 16.0 Å². The second kappa shape index (κ2) is 4.14. The van der Waals surface area contributed by atoms with Gasteiger partial charge in [0.25, 0.3) is 5.91 Å². The standard InChI is InChI=1S/C9H10N4OS/c10-7-1-2-15-8(7)9(14)12-4-6-3-11-5-13-6/h1-3,5H,4,10H2,(H,11,13)(H,12,14). The van der Waals surface area contributed by atoms with Crippen LogP contribution in [0.1, 0.15) is 15.4 Å². The quantitative estimate of drug-likeness (QED) is 0.724. The second-order valence-corrected chi connectivity index (χ2v) is 3.88. The molecule has 0 atom stereocenters. The summed E-state index contributed by atoms with van der Waals surface area (Å²) in [6, 6.07) is 1.72. The normalized spacial score (nSPS) is 10.1. The van der Waals surface area contributed by atoms with Crippen LogP contribution in [0.2, 0.25) is 0 Å². The molecule has 15 heavy (non-hydrogen) atoms. The molecule has 0 fully saturated rings. The van der Waals surface area contributed by atoms with Gasteiger partial charge in [0.05, 0.1) is 24.3 Å². The van der Waals surface area contributed by atoms with Gasteiger partial charge >= 0.3 is 0 Å². The third-order valence-electron chi connectivity index (χ3n) is 1.90. The summed E-state index contributed by atoms with van der Waals surface area (Å²) in [6.07, 6.45) is 3.24. The Hall–Kier alpha value is -1.82. The zero-order valence-corrected chi connectivity index (χ0v) is 8.67. The molecule has 2 aromatic heterocycles. The predicted octanol–water partition coefficient (Wildman–Crippen LogP) is 0.983. The van der Waals surface area contributed by atoms with Crippen LogP contribution in [0.15, 0.2) is 24.0 Å². The van der Waals surface area contributed by atoms with Crippen molar-refractivity contribution in [1.82, 2.24) is 15.3 Å². The summed E-state index contributed by atoms with van der Waals surface area (Å²) in [7, 11) is 0. The lowest BCUT2D eigenvalue weighted by atomic mass is 10.3. The Kier molecular flexibility index (Phi) is 2.68. The number of H-pyrrole nitrogens is 1. The first-order chi connectivity index (χ1) is 7.27. The number of aromatic amines is 1. The largest absolute Gasteiger partial charge is 0.397 e. The molecule has 78 valence electrons. The Labute approximate surface area is 90.3 Å². The van der Waals surface area contributed by atoms with Crippen molar-refractivity contribution in [3.8, 4) is 0 Å². The molecule has 0 aliphatic carbocycles. The summed E-state index contributed by atoms with van der Waals surface area (Å²) < 4.78 is 0. The first-order valence-electron chi connectivity index (χ1n) is 4.36. The summed E-state index contributed by atoms with van der Waals surface area (Å²) in [6.45, 7) is 0.427. The number of aromatic nitrogens is 2. The highest BCUT2D eigenvalue weighted by molar-refractivity contribution is 7.12. The van der Waals surface area contributed by atoms with Crippen molar-refractivity contribution >= 4 is 22.9 Å². The number of carbonyl (C=O) groups is 1. The average Bonchev–Trinajstić information content (AvgIpc) is 2.84. The molecular formula is C9H10N4OS. The SMILES string of the molecule is Nc1ccsc1C(=O)NCc1cnc[nH]1. The number of nitrogen functional groups attached to an aromatic ring is 1. The zero-order chi connectivity index (χ0) is 10.7. The van der Waals surface area contributed by atoms with E-state index in [0.29, 0.717) is 17.1 Å². The molecule has 5 nitrogen and oxygen atoms in total. The van der Waals surface area contributed by atoms with E-state index < -0.39 is 0 Å². The van der Waals surface area contributed by atoms with Gasteiger partial charge in [-0.15, -0.1) is 11.3 Å². The molecule has 1 amide bonds. The van der Waals surface area contributed by atoms with Crippen LogP contribution in [-0.2, 0) is 6.54 Å². The molecule has 0 radical (unpaired) electrons. The molecular weight excluding hydrogens is 212 g/mol. The zero-order valence-electron chi connectivity index (χ0n) is 7.86. The van der Waals surface area contributed by atoms with Crippen LogP contribution in [0, 0.1) is 0 Å². The van der Waals surface area contributed by atoms with Gasteiger partial charge in [0.1, 0.15) is 4.88 Å². The van der Waals surface area contributed by atoms with Gasteiger partial charge in [-0.2, -0.15) is 0 Å². The summed E-state index contributed by atoms with van der Waals surface area (Å²) >= 11 is 1.33. The fourth-order valence-electron chi connectivity index (χ4n) is 1.14. The smallest absolute Gasteiger partial charge is 0.263 e. The first-order valence-corrected chi connectivity index (χ1v) is 5.24. The number of nitrogens with zero attached hydrogens (tertiary/aromatic N) is 1. The number of anilines is 1. The van der Waals surface area contributed by atoms with Crippen molar-refractivity contribution in [3.05, 3.63) is 34.5 Å². The van der Waals surface area contributed by atoms with E-state index in [0.717, 1.165) is 5.69 Å². The number of amides is 1. The van der Waals surface area contributed by atoms with Crippen LogP contribution in [0.3, 0.4) is 0 Å². The van der Waals surface area contributed by atoms with Gasteiger partial charge in [-0.25, -0.2) is 4.98 Å². The lowest BCUT2D eigenvalue weighted by Crippen LogP contribution is -2.22. The van der Waals surface area contributed by atoms with E-state index in [1.807, 2.05) is 0 Å². The molecule has 0 aromatic carbocycles. The van der Waals surface area contributed by atoms with Crippen LogP contribution in [0.25, 0.3) is 0 Å². The van der Waals surface area contributed by atoms with Gasteiger partial charge in [0.15, 0.2) is 0 Å². The molecule has 2 aromatic rings. The van der Waals surface area contributed by atoms with E-state index in [2.05, 4.69) is 15.3 Å². The van der Waals surface area contributed by atoms with Gasteiger partial charge in [0, 0.05) is 6.20 Å². The van der Waals surface area contributed by atoms with Gasteiger partial charge in [0.2, 0.25) is 0 Å². The third-order valence-corrected chi connectivity index (χ3v) is 2.83. The van der Waals surface area contributed by atoms with Crippen LogP contribution in [0.4, 0.5) is 5.69 Å². The minimum atomic E-state index is -0.155. The highest BCUT2D eigenvalue weighted by atomic mass is 32.1. The lowest BCUT2D eigenvalue weighted by Gasteiger charge is -2.01. The van der Waals surface area contributed by atoms with Crippen molar-refractivity contribution in [2.24, 2.45) is 0 Å². The fourth-order valence-corrected chi connectivity index (χ4v) is 1.87. The third kappa shape index (κ3) is 2.16. The topological polar surface area (TPSA) is 83.8 Å². The number of imidazole rings is 1. The Morgan fingerprint density at radius 3 is 3.13 bits per heavy atom. The van der Waals surface area contributed by atoms with Crippen molar-refractivity contribution < 1.29 is 4.79 Å². The lowest BCUT2D eigenvalue weighted by molar-refractivity contribution is 0.0955. The Morgan fingerprint density at radius 1 is 1.67 bits per heavy atom. The second-order valence-electron chi connectivity index (χ2n) is 2.96. The number of nitrogens with two attached hydrogens (primary N) is 1. The van der Waals surface area contributed by atoms with Crippen LogP contribution in [-0.4, -0.2) is 15.9 Å². The van der Waals surface area contributed by atoms with Crippen LogP contribution >= 0.6 is 11.3 Å². The van der Waals surface area contributed by atoms with Gasteiger partial charge in [-0.3, -0.25) is 4.79 Å². The molecule has 0 aliphatic rings. The number of rotatable bonds is 3. The number of hydrogen-bond donors (Lipinski definition) is 3. The molecule has 2 heterocycles. The monoisotopic (exact) mass is 222 g/mol. The van der Waals surface area contributed by atoms with Crippen LogP contribution < -0.4 is 11.1 Å². The van der Waals surface area contributed by atoms with Gasteiger partial charge in [-0.1, -0.05) is 0 Å². The molecule has 0 spiro atoms. The summed E-state index contributed by atoms with van der Waals surface area (Å²) in [5.74, 6) is -0.155. The summed E-state index contributed by atoms with van der Waals surface area (Å²) in [5, 5.41) is 4.54. The summed E-state index contributed by atoms with van der Waals surface area (Å²) in [5.41, 5.74) is 7.00. The molecule has 0 saturated carbocycles. The minimum absolute atomic E-state index is 0.155. The van der Waals surface area contributed by atoms with E-state index >= 15 is 0 Å². The first kappa shape index (κ1) is 9.72. The minimum Gasteiger partial charge on any atom is -0.397 e. The Bertz CT molecular complexity index is 448. The molecule has 0 bridgehead atoms. The highest BCUT2D eigenvalue weighted by Crippen LogP contribution is 2.18. The maximum atomic E-state index is 11.6. The molecule has 0 aliphatic heterocycles. The molecule has 0 unspecified atom stereocenters. The maximum Gasteiger partial charge on any atom is 0.263 e. The molecule has 2 rings (SSSR count). The molecule has 6 heteroatoms. The number of thiophene rings is 1. The Balaban J connectivity index is 1.96. The predicted molar refractivity (Wildman–Crippen MR) is 58.5 cm³/mol. The van der Waals surface area contributed by atoms with E-state index in [1.54, 1.807) is 24.0 Å². The van der Waals surface area contributed by atoms with Crippen molar-refractivity contribution in [2.45, 2.75) is 6.54 Å². The number of carbonyl (C=O) groups excluding carboxylic acids is 1. The number of hydrogen-bond acceptors (Lipinski definition) is 4.